The summed E-state index contributed by atoms with van der Waals surface area (Å²) < 4.78 is 10.7. The van der Waals surface area contributed by atoms with Gasteiger partial charge in [0.05, 0.1) is 18.8 Å². The Hall–Kier alpha value is -3.16. The van der Waals surface area contributed by atoms with Crippen LogP contribution in [-0.2, 0) is 32.0 Å². The number of carbonyl (C=O) groups excluding carboxylic acids is 2. The molecule has 2 aliphatic rings. The Bertz CT molecular complexity index is 1220. The number of methoxy groups -OCH3 is 1. The van der Waals surface area contributed by atoms with Crippen LogP contribution < -0.4 is 5.32 Å². The molecule has 0 aromatic heterocycles. The molecule has 2 aliphatic heterocycles. The van der Waals surface area contributed by atoms with Gasteiger partial charge in [-0.05, 0) is 35.2 Å². The maximum atomic E-state index is 13.0. The molecule has 8 atom stereocenters. The fourth-order valence-corrected chi connectivity index (χ4v) is 5.35. The van der Waals surface area contributed by atoms with Crippen molar-refractivity contribution in [2.45, 2.75) is 69.2 Å². The van der Waals surface area contributed by atoms with Crippen molar-refractivity contribution in [3.05, 3.63) is 77.4 Å². The normalized spacial score (nSPS) is 27.7. The number of anilines is 1. The molecule has 0 unspecified atom stereocenters. The van der Waals surface area contributed by atoms with E-state index >= 15 is 0 Å². The van der Waals surface area contributed by atoms with Crippen molar-refractivity contribution in [3.8, 4) is 0 Å². The minimum atomic E-state index is -1.81. The number of ether oxygens (including phenoxy) is 2. The van der Waals surface area contributed by atoms with E-state index in [2.05, 4.69) is 5.32 Å². The predicted octanol–water partition coefficient (Wildman–Crippen LogP) is 0.641. The zero-order valence-corrected chi connectivity index (χ0v) is 23.0. The third kappa shape index (κ3) is 7.02. The number of carbonyl (C=O) groups is 2. The molecule has 0 aliphatic carbocycles. The van der Waals surface area contributed by atoms with Crippen molar-refractivity contribution in [2.75, 3.05) is 19.0 Å². The van der Waals surface area contributed by atoms with Gasteiger partial charge in [0.15, 0.2) is 12.4 Å². The van der Waals surface area contributed by atoms with Crippen LogP contribution in [0.5, 0.6) is 0 Å². The van der Waals surface area contributed by atoms with Crippen molar-refractivity contribution in [1.82, 2.24) is 4.90 Å². The SMILES string of the molecule is CO[C@H](c1ccc(NC(=O)[C@H]2O[C@@H](O)[C@H](O)[C@@H](O)[C@@H]2O)cc1)[C@H](C)/C=C/CC(=O)N1Cc2ccccc2C[C@H]1CO. The molecular weight excluding hydrogens is 532 g/mol. The molecule has 1 saturated heterocycles. The lowest BCUT2D eigenvalue weighted by Crippen LogP contribution is -2.60. The number of amides is 2. The molecule has 2 amide bonds. The van der Waals surface area contributed by atoms with Gasteiger partial charge in [-0.2, -0.15) is 0 Å². The van der Waals surface area contributed by atoms with Gasteiger partial charge in [0.1, 0.15) is 18.3 Å². The minimum absolute atomic E-state index is 0.0577. The van der Waals surface area contributed by atoms with E-state index in [9.17, 15) is 35.1 Å². The number of benzene rings is 2. The molecule has 2 aromatic rings. The van der Waals surface area contributed by atoms with Crippen molar-refractivity contribution in [1.29, 1.82) is 0 Å². The summed E-state index contributed by atoms with van der Waals surface area (Å²) in [6.45, 7) is 2.34. The number of hydrogen-bond donors (Lipinski definition) is 6. The van der Waals surface area contributed by atoms with E-state index in [-0.39, 0.29) is 37.0 Å². The zero-order chi connectivity index (χ0) is 29.7. The largest absolute Gasteiger partial charge is 0.394 e. The second-order valence-corrected chi connectivity index (χ2v) is 10.5. The Labute approximate surface area is 238 Å². The summed E-state index contributed by atoms with van der Waals surface area (Å²) in [5.74, 6) is -0.943. The van der Waals surface area contributed by atoms with E-state index in [0.29, 0.717) is 18.7 Å². The quantitative estimate of drug-likeness (QED) is 0.237. The molecule has 41 heavy (non-hydrogen) atoms. The lowest BCUT2D eigenvalue weighted by atomic mass is 9.93. The number of aliphatic hydroxyl groups is 5. The highest BCUT2D eigenvalue weighted by Crippen LogP contribution is 2.29. The molecule has 4 rings (SSSR count). The van der Waals surface area contributed by atoms with E-state index in [0.717, 1.165) is 16.7 Å². The monoisotopic (exact) mass is 570 g/mol. The van der Waals surface area contributed by atoms with E-state index in [1.165, 1.54) is 0 Å². The average Bonchev–Trinajstić information content (AvgIpc) is 2.98. The van der Waals surface area contributed by atoms with Gasteiger partial charge < -0.3 is 45.2 Å². The Balaban J connectivity index is 1.33. The molecule has 0 saturated carbocycles. The molecule has 1 fully saturated rings. The van der Waals surface area contributed by atoms with Crippen LogP contribution in [0.25, 0.3) is 0 Å². The first-order chi connectivity index (χ1) is 19.6. The highest BCUT2D eigenvalue weighted by atomic mass is 16.6. The van der Waals surface area contributed by atoms with Gasteiger partial charge >= 0.3 is 0 Å². The number of nitrogens with zero attached hydrogens (tertiary/aromatic N) is 1. The molecule has 0 bridgehead atoms. The first-order valence-corrected chi connectivity index (χ1v) is 13.6. The highest BCUT2D eigenvalue weighted by molar-refractivity contribution is 5.94. The van der Waals surface area contributed by atoms with E-state index in [1.54, 1.807) is 36.3 Å². The summed E-state index contributed by atoms with van der Waals surface area (Å²) >= 11 is 0. The smallest absolute Gasteiger partial charge is 0.256 e. The predicted molar refractivity (Wildman–Crippen MR) is 148 cm³/mol. The summed E-state index contributed by atoms with van der Waals surface area (Å²) in [5, 5.41) is 51.6. The van der Waals surface area contributed by atoms with Crippen LogP contribution in [0, 0.1) is 5.92 Å². The van der Waals surface area contributed by atoms with Crippen LogP contribution in [0.15, 0.2) is 60.7 Å². The molecule has 6 N–H and O–H groups in total. The van der Waals surface area contributed by atoms with Gasteiger partial charge in [-0.25, -0.2) is 0 Å². The molecule has 222 valence electrons. The van der Waals surface area contributed by atoms with Crippen molar-refractivity contribution < 1.29 is 44.6 Å². The lowest BCUT2D eigenvalue weighted by Gasteiger charge is -2.37. The van der Waals surface area contributed by atoms with Crippen molar-refractivity contribution >= 4 is 17.5 Å². The second-order valence-electron chi connectivity index (χ2n) is 10.5. The topological polar surface area (TPSA) is 169 Å². The van der Waals surface area contributed by atoms with Crippen LogP contribution in [-0.4, -0.2) is 92.7 Å². The molecule has 0 radical (unpaired) electrons. The van der Waals surface area contributed by atoms with Crippen LogP contribution in [0.3, 0.4) is 0 Å². The Morgan fingerprint density at radius 1 is 1.05 bits per heavy atom. The Kier molecular flexibility index (Phi) is 10.3. The maximum Gasteiger partial charge on any atom is 0.256 e. The first kappa shape index (κ1) is 30.8. The highest BCUT2D eigenvalue weighted by Gasteiger charge is 2.46. The average molecular weight is 571 g/mol. The summed E-state index contributed by atoms with van der Waals surface area (Å²) in [6, 6.07) is 14.5. The molecule has 0 spiro atoms. The number of hydrogen-bond acceptors (Lipinski definition) is 9. The fourth-order valence-electron chi connectivity index (χ4n) is 5.35. The number of nitrogens with one attached hydrogen (secondary N) is 1. The first-order valence-electron chi connectivity index (χ1n) is 13.6. The van der Waals surface area contributed by atoms with Crippen molar-refractivity contribution in [3.63, 3.8) is 0 Å². The standard InChI is InChI=1S/C30H38N2O9/c1-17(6-5-9-23(34)32-15-20-8-4-3-7-19(20)14-22(32)16-33)27(40-2)18-10-12-21(13-11-18)31-29(38)28-25(36)24(35)26(37)30(39)41-28/h3-8,10-13,17,22,24-28,30,33,35-37,39H,9,14-16H2,1-2H3,(H,31,38)/b6-5+/t17-,22+,24+,25+,26-,27+,28+,30-/m1/s1. The zero-order valence-electron chi connectivity index (χ0n) is 23.0. The van der Waals surface area contributed by atoms with E-state index < -0.39 is 36.6 Å². The summed E-state index contributed by atoms with van der Waals surface area (Å²) in [7, 11) is 1.58. The second kappa shape index (κ2) is 13.7. The summed E-state index contributed by atoms with van der Waals surface area (Å²) in [4.78, 5) is 27.3. The maximum absolute atomic E-state index is 13.0. The molecule has 11 heteroatoms. The number of rotatable bonds is 9. The fraction of sp³-hybridized carbons (Fsp3) is 0.467. The molecular formula is C30H38N2O9. The van der Waals surface area contributed by atoms with Gasteiger partial charge in [0, 0.05) is 31.7 Å². The third-order valence-electron chi connectivity index (χ3n) is 7.70. The van der Waals surface area contributed by atoms with Gasteiger partial charge in [-0.15, -0.1) is 0 Å². The van der Waals surface area contributed by atoms with Gasteiger partial charge in [0.25, 0.3) is 5.91 Å². The number of fused-ring (bicyclic) bond motifs is 1. The third-order valence-corrected chi connectivity index (χ3v) is 7.70. The van der Waals surface area contributed by atoms with E-state index in [1.807, 2.05) is 43.3 Å². The van der Waals surface area contributed by atoms with E-state index in [4.69, 9.17) is 9.47 Å². The Morgan fingerprint density at radius 2 is 1.73 bits per heavy atom. The molecule has 11 nitrogen and oxygen atoms in total. The molecule has 2 aromatic carbocycles. The molecule has 2 heterocycles. The summed E-state index contributed by atoms with van der Waals surface area (Å²) in [6.07, 6.45) is -4.36. The van der Waals surface area contributed by atoms with Crippen LogP contribution in [0.2, 0.25) is 0 Å². The summed E-state index contributed by atoms with van der Waals surface area (Å²) in [5.41, 5.74) is 3.46. The van der Waals surface area contributed by atoms with Crippen molar-refractivity contribution in [2.24, 2.45) is 5.92 Å². The van der Waals surface area contributed by atoms with Crippen LogP contribution in [0.1, 0.15) is 36.1 Å². The van der Waals surface area contributed by atoms with Gasteiger partial charge in [-0.1, -0.05) is 55.5 Å². The van der Waals surface area contributed by atoms with Gasteiger partial charge in [0.2, 0.25) is 5.91 Å². The number of aliphatic hydroxyl groups excluding tert-OH is 5. The Morgan fingerprint density at radius 3 is 2.39 bits per heavy atom. The van der Waals surface area contributed by atoms with Crippen LogP contribution >= 0.6 is 0 Å². The lowest BCUT2D eigenvalue weighted by molar-refractivity contribution is -0.274. The van der Waals surface area contributed by atoms with Gasteiger partial charge in [-0.3, -0.25) is 9.59 Å². The minimum Gasteiger partial charge on any atom is -0.394 e. The van der Waals surface area contributed by atoms with Crippen LogP contribution in [0.4, 0.5) is 5.69 Å².